The second kappa shape index (κ2) is 6.76. The van der Waals surface area contributed by atoms with Crippen LogP contribution in [0.5, 0.6) is 5.75 Å². The van der Waals surface area contributed by atoms with Gasteiger partial charge >= 0.3 is 0 Å². The van der Waals surface area contributed by atoms with Gasteiger partial charge in [0, 0.05) is 12.6 Å². The number of nitrogens with two attached hydrogens (primary N) is 1. The third kappa shape index (κ3) is 3.72. The first kappa shape index (κ1) is 13.4. The number of likely N-dealkylation sites (tertiary alicyclic amines) is 1. The molecular weight excluding hydrogens is 224 g/mol. The van der Waals surface area contributed by atoms with E-state index < -0.39 is 0 Å². The van der Waals surface area contributed by atoms with Gasteiger partial charge < -0.3 is 15.4 Å². The van der Waals surface area contributed by atoms with Gasteiger partial charge in [0.05, 0.1) is 7.11 Å². The van der Waals surface area contributed by atoms with Crippen LogP contribution in [0.25, 0.3) is 0 Å². The fourth-order valence-corrected chi connectivity index (χ4v) is 2.69. The highest BCUT2D eigenvalue weighted by molar-refractivity contribution is 5.33. The third-order valence-electron chi connectivity index (χ3n) is 3.62. The maximum atomic E-state index is 6.26. The van der Waals surface area contributed by atoms with Crippen molar-refractivity contribution in [1.82, 2.24) is 4.90 Å². The standard InChI is InChI=1S/C15H24N2O/c1-18-15-8-4-3-7-13(15)11-14(16)12-17-9-5-2-6-10-17/h3-4,7-8,14H,2,5-6,9-12,16H2,1H3. The van der Waals surface area contributed by atoms with Crippen LogP contribution in [-0.4, -0.2) is 37.7 Å². The molecule has 1 aliphatic heterocycles. The van der Waals surface area contributed by atoms with Crippen molar-refractivity contribution in [1.29, 1.82) is 0 Å². The first-order chi connectivity index (χ1) is 8.79. The van der Waals surface area contributed by atoms with Crippen molar-refractivity contribution in [3.63, 3.8) is 0 Å². The monoisotopic (exact) mass is 248 g/mol. The molecule has 1 heterocycles. The zero-order valence-electron chi connectivity index (χ0n) is 11.3. The van der Waals surface area contributed by atoms with Crippen molar-refractivity contribution in [2.75, 3.05) is 26.7 Å². The summed E-state index contributed by atoms with van der Waals surface area (Å²) in [6.07, 6.45) is 4.90. The Morgan fingerprint density at radius 2 is 1.94 bits per heavy atom. The van der Waals surface area contributed by atoms with Gasteiger partial charge in [-0.3, -0.25) is 0 Å². The molecule has 0 saturated carbocycles. The Morgan fingerprint density at radius 1 is 1.22 bits per heavy atom. The smallest absolute Gasteiger partial charge is 0.122 e. The highest BCUT2D eigenvalue weighted by Crippen LogP contribution is 2.19. The quantitative estimate of drug-likeness (QED) is 0.866. The van der Waals surface area contributed by atoms with Crippen LogP contribution in [-0.2, 0) is 6.42 Å². The minimum atomic E-state index is 0.194. The van der Waals surface area contributed by atoms with E-state index in [4.69, 9.17) is 10.5 Å². The maximum Gasteiger partial charge on any atom is 0.122 e. The van der Waals surface area contributed by atoms with Crippen LogP contribution in [0.3, 0.4) is 0 Å². The Balaban J connectivity index is 1.87. The Hall–Kier alpha value is -1.06. The van der Waals surface area contributed by atoms with Crippen molar-refractivity contribution < 1.29 is 4.74 Å². The zero-order valence-corrected chi connectivity index (χ0v) is 11.3. The predicted molar refractivity (Wildman–Crippen MR) is 75.0 cm³/mol. The SMILES string of the molecule is COc1ccccc1CC(N)CN1CCCCC1. The van der Waals surface area contributed by atoms with Gasteiger partial charge in [0.25, 0.3) is 0 Å². The van der Waals surface area contributed by atoms with Gasteiger partial charge in [-0.05, 0) is 44.0 Å². The Morgan fingerprint density at radius 3 is 2.67 bits per heavy atom. The number of benzene rings is 1. The lowest BCUT2D eigenvalue weighted by Crippen LogP contribution is -2.41. The number of hydrogen-bond acceptors (Lipinski definition) is 3. The molecule has 0 radical (unpaired) electrons. The first-order valence-corrected chi connectivity index (χ1v) is 6.89. The van der Waals surface area contributed by atoms with Crippen LogP contribution in [0.1, 0.15) is 24.8 Å². The van der Waals surface area contributed by atoms with Gasteiger partial charge in [-0.25, -0.2) is 0 Å². The fourth-order valence-electron chi connectivity index (χ4n) is 2.69. The average Bonchev–Trinajstić information content (AvgIpc) is 2.40. The van der Waals surface area contributed by atoms with E-state index in [0.29, 0.717) is 0 Å². The molecule has 0 aliphatic carbocycles. The topological polar surface area (TPSA) is 38.5 Å². The van der Waals surface area contributed by atoms with E-state index in [1.807, 2.05) is 18.2 Å². The van der Waals surface area contributed by atoms with Crippen molar-refractivity contribution in [3.8, 4) is 5.75 Å². The molecule has 0 bridgehead atoms. The van der Waals surface area contributed by atoms with E-state index in [2.05, 4.69) is 11.0 Å². The van der Waals surface area contributed by atoms with Crippen LogP contribution in [0.15, 0.2) is 24.3 Å². The number of rotatable bonds is 5. The molecule has 1 atom stereocenters. The fraction of sp³-hybridized carbons (Fsp3) is 0.600. The molecule has 0 spiro atoms. The maximum absolute atomic E-state index is 6.26. The van der Waals surface area contributed by atoms with E-state index in [1.165, 1.54) is 37.9 Å². The summed E-state index contributed by atoms with van der Waals surface area (Å²) in [5.74, 6) is 0.951. The molecule has 1 unspecified atom stereocenters. The summed E-state index contributed by atoms with van der Waals surface area (Å²) in [7, 11) is 1.72. The molecule has 3 heteroatoms. The summed E-state index contributed by atoms with van der Waals surface area (Å²) < 4.78 is 5.37. The number of ether oxygens (including phenoxy) is 1. The molecule has 1 aromatic rings. The molecule has 0 amide bonds. The normalized spacial score (nSPS) is 18.6. The van der Waals surface area contributed by atoms with Gasteiger partial charge in [0.1, 0.15) is 5.75 Å². The summed E-state index contributed by atoms with van der Waals surface area (Å²) >= 11 is 0. The molecule has 1 saturated heterocycles. The van der Waals surface area contributed by atoms with Crippen LogP contribution >= 0.6 is 0 Å². The molecule has 1 aliphatic rings. The highest BCUT2D eigenvalue weighted by atomic mass is 16.5. The van der Waals surface area contributed by atoms with Gasteiger partial charge in [-0.1, -0.05) is 24.6 Å². The number of methoxy groups -OCH3 is 1. The molecular formula is C15H24N2O. The minimum Gasteiger partial charge on any atom is -0.496 e. The second-order valence-electron chi connectivity index (χ2n) is 5.14. The van der Waals surface area contributed by atoms with E-state index >= 15 is 0 Å². The van der Waals surface area contributed by atoms with Crippen molar-refractivity contribution in [2.45, 2.75) is 31.7 Å². The van der Waals surface area contributed by atoms with Crippen LogP contribution in [0.4, 0.5) is 0 Å². The lowest BCUT2D eigenvalue weighted by atomic mass is 10.0. The zero-order chi connectivity index (χ0) is 12.8. The molecule has 3 nitrogen and oxygen atoms in total. The first-order valence-electron chi connectivity index (χ1n) is 6.89. The van der Waals surface area contributed by atoms with Gasteiger partial charge in [0.2, 0.25) is 0 Å². The lowest BCUT2D eigenvalue weighted by Gasteiger charge is -2.29. The predicted octanol–water partition coefficient (Wildman–Crippen LogP) is 2.05. The number of hydrogen-bond donors (Lipinski definition) is 1. The van der Waals surface area contributed by atoms with E-state index in [1.54, 1.807) is 7.11 Å². The van der Waals surface area contributed by atoms with Crippen LogP contribution in [0.2, 0.25) is 0 Å². The van der Waals surface area contributed by atoms with Crippen molar-refractivity contribution >= 4 is 0 Å². The number of piperidine rings is 1. The van der Waals surface area contributed by atoms with E-state index in [0.717, 1.165) is 18.7 Å². The minimum absolute atomic E-state index is 0.194. The molecule has 18 heavy (non-hydrogen) atoms. The van der Waals surface area contributed by atoms with Crippen LogP contribution < -0.4 is 10.5 Å². The lowest BCUT2D eigenvalue weighted by molar-refractivity contribution is 0.215. The largest absolute Gasteiger partial charge is 0.496 e. The summed E-state index contributed by atoms with van der Waals surface area (Å²) in [6.45, 7) is 3.41. The van der Waals surface area contributed by atoms with Gasteiger partial charge in [0.15, 0.2) is 0 Å². The van der Waals surface area contributed by atoms with Crippen molar-refractivity contribution in [2.24, 2.45) is 5.73 Å². The summed E-state index contributed by atoms with van der Waals surface area (Å²) in [5.41, 5.74) is 7.48. The Labute approximate surface area is 110 Å². The number of nitrogens with zero attached hydrogens (tertiary/aromatic N) is 1. The molecule has 1 aromatic carbocycles. The highest BCUT2D eigenvalue weighted by Gasteiger charge is 2.15. The Bertz CT molecular complexity index is 361. The molecule has 0 aromatic heterocycles. The molecule has 100 valence electrons. The number of para-hydroxylation sites is 1. The van der Waals surface area contributed by atoms with Gasteiger partial charge in [-0.15, -0.1) is 0 Å². The summed E-state index contributed by atoms with van der Waals surface area (Å²) in [5, 5.41) is 0. The third-order valence-corrected chi connectivity index (χ3v) is 3.62. The Kier molecular flexibility index (Phi) is 5.02. The van der Waals surface area contributed by atoms with Gasteiger partial charge in [-0.2, -0.15) is 0 Å². The summed E-state index contributed by atoms with van der Waals surface area (Å²) in [6, 6.07) is 8.35. The van der Waals surface area contributed by atoms with Crippen molar-refractivity contribution in [3.05, 3.63) is 29.8 Å². The molecule has 2 N–H and O–H groups in total. The second-order valence-corrected chi connectivity index (χ2v) is 5.14. The molecule has 1 fully saturated rings. The van der Waals surface area contributed by atoms with E-state index in [-0.39, 0.29) is 6.04 Å². The molecule has 2 rings (SSSR count). The van der Waals surface area contributed by atoms with E-state index in [9.17, 15) is 0 Å². The average molecular weight is 248 g/mol. The summed E-state index contributed by atoms with van der Waals surface area (Å²) in [4.78, 5) is 2.49. The van der Waals surface area contributed by atoms with Crippen LogP contribution in [0, 0.1) is 0 Å².